The predicted octanol–water partition coefficient (Wildman–Crippen LogP) is 4.18. The first kappa shape index (κ1) is 17.3. The fourth-order valence-electron chi connectivity index (χ4n) is 3.41. The Bertz CT molecular complexity index is 925. The molecule has 3 rings (SSSR count). The van der Waals surface area contributed by atoms with Gasteiger partial charge in [-0.1, -0.05) is 11.6 Å². The molecular formula is C19H19ClN2O3. The first-order chi connectivity index (χ1) is 11.8. The Kier molecular flexibility index (Phi) is 4.43. The zero-order valence-corrected chi connectivity index (χ0v) is 15.0. The molecule has 0 saturated carbocycles. The third-order valence-corrected chi connectivity index (χ3v) is 4.89. The minimum atomic E-state index is -0.824. The molecule has 25 heavy (non-hydrogen) atoms. The maximum Gasteiger partial charge on any atom is 0.303 e. The van der Waals surface area contributed by atoms with Gasteiger partial charge in [-0.25, -0.2) is 0 Å². The SMILES string of the molecule is CC(=C1C(=O)Nc2ccc(Cl)cc21)c1[nH]c(C)c(CCC(=O)O)c1C. The van der Waals surface area contributed by atoms with Gasteiger partial charge in [-0.2, -0.15) is 0 Å². The van der Waals surface area contributed by atoms with Gasteiger partial charge in [0.15, 0.2) is 0 Å². The number of aromatic amines is 1. The van der Waals surface area contributed by atoms with E-state index < -0.39 is 5.97 Å². The van der Waals surface area contributed by atoms with Crippen LogP contribution in [-0.4, -0.2) is 22.0 Å². The molecule has 1 aromatic heterocycles. The van der Waals surface area contributed by atoms with Crippen molar-refractivity contribution < 1.29 is 14.7 Å². The Morgan fingerprint density at radius 1 is 1.28 bits per heavy atom. The van der Waals surface area contributed by atoms with E-state index in [4.69, 9.17) is 16.7 Å². The summed E-state index contributed by atoms with van der Waals surface area (Å²) in [5.41, 5.74) is 6.69. The summed E-state index contributed by atoms with van der Waals surface area (Å²) in [5, 5.41) is 12.4. The van der Waals surface area contributed by atoms with E-state index in [1.54, 1.807) is 18.2 Å². The summed E-state index contributed by atoms with van der Waals surface area (Å²) in [6.45, 7) is 5.77. The zero-order chi connectivity index (χ0) is 18.3. The van der Waals surface area contributed by atoms with Crippen molar-refractivity contribution >= 4 is 40.3 Å². The molecule has 0 saturated heterocycles. The van der Waals surface area contributed by atoms with Crippen molar-refractivity contribution in [2.75, 3.05) is 5.32 Å². The molecule has 1 amide bonds. The van der Waals surface area contributed by atoms with Crippen LogP contribution in [0, 0.1) is 13.8 Å². The number of nitrogens with one attached hydrogen (secondary N) is 2. The maximum atomic E-state index is 12.5. The van der Waals surface area contributed by atoms with Crippen molar-refractivity contribution in [1.29, 1.82) is 0 Å². The Morgan fingerprint density at radius 3 is 2.68 bits per heavy atom. The maximum absolute atomic E-state index is 12.5. The molecule has 0 spiro atoms. The van der Waals surface area contributed by atoms with Crippen LogP contribution < -0.4 is 5.32 Å². The monoisotopic (exact) mass is 358 g/mol. The standard InChI is InChI=1S/C19H19ClN2O3/c1-9-13(5-7-16(23)24)11(3)21-18(9)10(2)17-14-8-12(20)4-6-15(14)22-19(17)25/h4,6,8,21H,5,7H2,1-3H3,(H,22,25)(H,23,24). The van der Waals surface area contributed by atoms with Crippen molar-refractivity contribution in [2.45, 2.75) is 33.6 Å². The van der Waals surface area contributed by atoms with E-state index in [1.807, 2.05) is 20.8 Å². The van der Waals surface area contributed by atoms with Crippen LogP contribution in [0.5, 0.6) is 0 Å². The van der Waals surface area contributed by atoms with Gasteiger partial charge in [0.1, 0.15) is 0 Å². The fraction of sp³-hybridized carbons (Fsp3) is 0.263. The summed E-state index contributed by atoms with van der Waals surface area (Å²) < 4.78 is 0. The number of aromatic nitrogens is 1. The van der Waals surface area contributed by atoms with Crippen molar-refractivity contribution in [3.63, 3.8) is 0 Å². The van der Waals surface area contributed by atoms with E-state index in [2.05, 4.69) is 10.3 Å². The Balaban J connectivity index is 2.10. The van der Waals surface area contributed by atoms with Gasteiger partial charge in [-0.3, -0.25) is 9.59 Å². The Morgan fingerprint density at radius 2 is 2.00 bits per heavy atom. The topological polar surface area (TPSA) is 82.2 Å². The number of carbonyl (C=O) groups excluding carboxylic acids is 1. The summed E-state index contributed by atoms with van der Waals surface area (Å²) >= 11 is 6.09. The molecular weight excluding hydrogens is 340 g/mol. The number of hydrogen-bond donors (Lipinski definition) is 3. The number of H-pyrrole nitrogens is 1. The normalized spacial score (nSPS) is 15.1. The molecule has 6 heteroatoms. The highest BCUT2D eigenvalue weighted by atomic mass is 35.5. The molecule has 0 aliphatic carbocycles. The number of aryl methyl sites for hydroxylation is 1. The number of rotatable bonds is 4. The van der Waals surface area contributed by atoms with Crippen LogP contribution in [0.4, 0.5) is 5.69 Å². The van der Waals surface area contributed by atoms with E-state index in [0.717, 1.165) is 39.3 Å². The van der Waals surface area contributed by atoms with Crippen LogP contribution in [0.2, 0.25) is 5.02 Å². The number of fused-ring (bicyclic) bond motifs is 1. The van der Waals surface area contributed by atoms with Gasteiger partial charge in [-0.05, 0) is 62.1 Å². The van der Waals surface area contributed by atoms with Crippen LogP contribution in [0.3, 0.4) is 0 Å². The second-order valence-corrected chi connectivity index (χ2v) is 6.70. The quantitative estimate of drug-likeness (QED) is 0.717. The molecule has 1 aliphatic rings. The lowest BCUT2D eigenvalue weighted by molar-refractivity contribution is -0.137. The van der Waals surface area contributed by atoms with E-state index >= 15 is 0 Å². The van der Waals surface area contributed by atoms with Gasteiger partial charge >= 0.3 is 5.97 Å². The van der Waals surface area contributed by atoms with E-state index in [9.17, 15) is 9.59 Å². The lowest BCUT2D eigenvalue weighted by atomic mass is 9.96. The molecule has 0 radical (unpaired) electrons. The summed E-state index contributed by atoms with van der Waals surface area (Å²) in [6.07, 6.45) is 0.536. The largest absolute Gasteiger partial charge is 0.481 e. The van der Waals surface area contributed by atoms with Crippen LogP contribution in [-0.2, 0) is 16.0 Å². The highest BCUT2D eigenvalue weighted by Crippen LogP contribution is 2.39. The van der Waals surface area contributed by atoms with Crippen LogP contribution >= 0.6 is 11.6 Å². The number of carboxylic acids is 1. The first-order valence-electron chi connectivity index (χ1n) is 8.02. The second kappa shape index (κ2) is 6.41. The molecule has 2 aromatic rings. The van der Waals surface area contributed by atoms with E-state index in [-0.39, 0.29) is 12.3 Å². The molecule has 1 aliphatic heterocycles. The van der Waals surface area contributed by atoms with Crippen molar-refractivity contribution in [2.24, 2.45) is 0 Å². The number of carbonyl (C=O) groups is 2. The summed E-state index contributed by atoms with van der Waals surface area (Å²) in [6, 6.07) is 5.32. The minimum absolute atomic E-state index is 0.0769. The van der Waals surface area contributed by atoms with Gasteiger partial charge in [-0.15, -0.1) is 0 Å². The molecule has 3 N–H and O–H groups in total. The summed E-state index contributed by atoms with van der Waals surface area (Å²) in [7, 11) is 0. The van der Waals surface area contributed by atoms with Gasteiger partial charge < -0.3 is 15.4 Å². The number of hydrogen-bond acceptors (Lipinski definition) is 2. The zero-order valence-electron chi connectivity index (χ0n) is 14.3. The van der Waals surface area contributed by atoms with Crippen LogP contribution in [0.15, 0.2) is 18.2 Å². The van der Waals surface area contributed by atoms with Crippen LogP contribution in [0.1, 0.15) is 41.4 Å². The fourth-order valence-corrected chi connectivity index (χ4v) is 3.58. The summed E-state index contributed by atoms with van der Waals surface area (Å²) in [4.78, 5) is 26.7. The first-order valence-corrected chi connectivity index (χ1v) is 8.39. The Labute approximate surface area is 150 Å². The number of halogens is 1. The smallest absolute Gasteiger partial charge is 0.303 e. The van der Waals surface area contributed by atoms with Gasteiger partial charge in [0.2, 0.25) is 0 Å². The number of allylic oxidation sites excluding steroid dienone is 1. The predicted molar refractivity (Wildman–Crippen MR) is 98.8 cm³/mol. The lowest BCUT2D eigenvalue weighted by Crippen LogP contribution is -2.05. The highest BCUT2D eigenvalue weighted by molar-refractivity contribution is 6.38. The lowest BCUT2D eigenvalue weighted by Gasteiger charge is -2.07. The minimum Gasteiger partial charge on any atom is -0.481 e. The van der Waals surface area contributed by atoms with E-state index in [0.29, 0.717) is 17.0 Å². The third-order valence-electron chi connectivity index (χ3n) is 4.66. The Hall–Kier alpha value is -2.53. The molecule has 2 heterocycles. The van der Waals surface area contributed by atoms with Gasteiger partial charge in [0, 0.05) is 34.1 Å². The molecule has 0 bridgehead atoms. The number of carboxylic acid groups (broad SMARTS) is 1. The highest BCUT2D eigenvalue weighted by Gasteiger charge is 2.28. The molecule has 0 unspecified atom stereocenters. The number of anilines is 1. The molecule has 1 aromatic carbocycles. The van der Waals surface area contributed by atoms with Crippen molar-refractivity contribution in [3.05, 3.63) is 51.3 Å². The number of aliphatic carboxylic acids is 1. The average Bonchev–Trinajstić information content (AvgIpc) is 3.00. The van der Waals surface area contributed by atoms with Crippen molar-refractivity contribution in [1.82, 2.24) is 4.98 Å². The molecule has 130 valence electrons. The molecule has 0 fully saturated rings. The number of amides is 1. The molecule has 0 atom stereocenters. The van der Waals surface area contributed by atoms with E-state index in [1.165, 1.54) is 0 Å². The van der Waals surface area contributed by atoms with Gasteiger partial charge in [0.05, 0.1) is 5.57 Å². The third kappa shape index (κ3) is 3.07. The molecule has 5 nitrogen and oxygen atoms in total. The van der Waals surface area contributed by atoms with Crippen molar-refractivity contribution in [3.8, 4) is 0 Å². The second-order valence-electron chi connectivity index (χ2n) is 6.27. The number of benzene rings is 1. The van der Waals surface area contributed by atoms with Gasteiger partial charge in [0.25, 0.3) is 5.91 Å². The summed E-state index contributed by atoms with van der Waals surface area (Å²) in [5.74, 6) is -0.983. The average molecular weight is 359 g/mol. The van der Waals surface area contributed by atoms with Crippen LogP contribution in [0.25, 0.3) is 11.1 Å².